The summed E-state index contributed by atoms with van der Waals surface area (Å²) in [5.74, 6) is 2.53. The Labute approximate surface area is 259 Å². The lowest BCUT2D eigenvalue weighted by Gasteiger charge is -2.53. The monoisotopic (exact) mass is 618 g/mol. The second-order valence-electron chi connectivity index (χ2n) is 13.3. The Morgan fingerprint density at radius 3 is 2.70 bits per heavy atom. The van der Waals surface area contributed by atoms with Crippen LogP contribution in [0.3, 0.4) is 0 Å². The molecule has 1 amide bonds. The number of nitrogens with zero attached hydrogens (tertiary/aromatic N) is 6. The molecule has 1 aromatic carbocycles. The van der Waals surface area contributed by atoms with Crippen molar-refractivity contribution in [2.45, 2.75) is 39.5 Å². The number of benzene rings is 1. The third-order valence-electron chi connectivity index (χ3n) is 9.48. The number of likely N-dealkylation sites (tertiary alicyclic amines) is 1. The van der Waals surface area contributed by atoms with Gasteiger partial charge in [0.15, 0.2) is 0 Å². The molecule has 1 atom stereocenters. The second-order valence-corrected chi connectivity index (χ2v) is 16.2. The van der Waals surface area contributed by atoms with Gasteiger partial charge in [0.1, 0.15) is 0 Å². The van der Waals surface area contributed by atoms with Crippen molar-refractivity contribution in [2.24, 2.45) is 23.4 Å². The highest BCUT2D eigenvalue weighted by atomic mass is 32.3. The number of amides is 1. The maximum Gasteiger partial charge on any atom is 0.280 e. The van der Waals surface area contributed by atoms with Crippen LogP contribution in [-0.2, 0) is 17.2 Å². The minimum absolute atomic E-state index is 0.290. The number of carbonyl (C=O) groups excluding carboxylic acids is 1. The van der Waals surface area contributed by atoms with Crippen LogP contribution < -0.4 is 19.7 Å². The number of aromatic nitrogens is 3. The van der Waals surface area contributed by atoms with E-state index in [9.17, 15) is 9.00 Å². The van der Waals surface area contributed by atoms with E-state index in [0.29, 0.717) is 47.4 Å². The lowest BCUT2D eigenvalue weighted by Crippen LogP contribution is -2.58. The van der Waals surface area contributed by atoms with E-state index in [2.05, 4.69) is 55.0 Å². The van der Waals surface area contributed by atoms with Gasteiger partial charge in [-0.05, 0) is 91.4 Å². The van der Waals surface area contributed by atoms with Crippen LogP contribution in [0.15, 0.2) is 41.5 Å². The van der Waals surface area contributed by atoms with E-state index >= 15 is 0 Å². The quantitative estimate of drug-likeness (QED) is 0.368. The molecule has 0 radical (unpaired) electrons. The van der Waals surface area contributed by atoms with Crippen LogP contribution in [0.2, 0.25) is 0 Å². The smallest absolute Gasteiger partial charge is 0.280 e. The molecule has 6 heterocycles. The van der Waals surface area contributed by atoms with Gasteiger partial charge in [0.05, 0.1) is 35.4 Å². The summed E-state index contributed by atoms with van der Waals surface area (Å²) in [5, 5.41) is 7.78. The van der Waals surface area contributed by atoms with Gasteiger partial charge in [0.25, 0.3) is 5.91 Å². The van der Waals surface area contributed by atoms with Crippen LogP contribution in [0.1, 0.15) is 48.7 Å². The topological polar surface area (TPSA) is 117 Å². The van der Waals surface area contributed by atoms with Crippen molar-refractivity contribution in [3.8, 4) is 17.1 Å². The molecule has 234 valence electrons. The van der Waals surface area contributed by atoms with E-state index in [1.165, 1.54) is 0 Å². The van der Waals surface area contributed by atoms with Gasteiger partial charge in [-0.15, -0.1) is 0 Å². The van der Waals surface area contributed by atoms with Gasteiger partial charge in [0.2, 0.25) is 11.8 Å². The normalized spacial score (nSPS) is 24.6. The average molecular weight is 619 g/mol. The van der Waals surface area contributed by atoms with Gasteiger partial charge in [-0.3, -0.25) is 14.0 Å². The Bertz CT molecular complexity index is 1680. The maximum absolute atomic E-state index is 13.9. The second kappa shape index (κ2) is 11.0. The van der Waals surface area contributed by atoms with E-state index in [0.717, 1.165) is 72.9 Å². The lowest BCUT2D eigenvalue weighted by atomic mass is 9.75. The van der Waals surface area contributed by atoms with E-state index in [1.807, 2.05) is 26.1 Å². The summed E-state index contributed by atoms with van der Waals surface area (Å²) in [7, 11) is 1.48. The summed E-state index contributed by atoms with van der Waals surface area (Å²) in [5.41, 5.74) is 5.55. The van der Waals surface area contributed by atoms with Crippen molar-refractivity contribution in [1.29, 1.82) is 0 Å². The average Bonchev–Trinajstić information content (AvgIpc) is 3.50. The summed E-state index contributed by atoms with van der Waals surface area (Å²) in [6.07, 6.45) is 5.54. The first kappa shape index (κ1) is 29.0. The molecule has 12 heteroatoms. The molecule has 0 unspecified atom stereocenters. The molecule has 4 aliphatic heterocycles. The number of aliphatic imine (C=N–C) groups is 1. The Balaban J connectivity index is 1.18. The molecule has 44 heavy (non-hydrogen) atoms. The molecule has 2 bridgehead atoms. The predicted octanol–water partition coefficient (Wildman–Crippen LogP) is 4.10. The SMILES string of the molecule is Cc1cc2cc(n1)-c1cnn(C)c1OCCC[C@@H](C)CN1/C(=N/C2=O)Nc2ccc(N[SH]3(=O)CCC4(CC3)CN(C)C4)cc21. The zero-order chi connectivity index (χ0) is 30.6. The summed E-state index contributed by atoms with van der Waals surface area (Å²) >= 11 is 0. The van der Waals surface area contributed by atoms with Crippen LogP contribution >= 0.6 is 0 Å². The molecule has 4 aliphatic rings. The number of pyridine rings is 1. The lowest BCUT2D eigenvalue weighted by molar-refractivity contribution is 0.0141. The predicted molar refractivity (Wildman–Crippen MR) is 176 cm³/mol. The van der Waals surface area contributed by atoms with E-state index < -0.39 is 10.1 Å². The minimum atomic E-state index is -2.53. The number of nitrogens with one attached hydrogen (secondary N) is 2. The van der Waals surface area contributed by atoms with Crippen LogP contribution in [0.4, 0.5) is 17.1 Å². The Kier molecular flexibility index (Phi) is 7.24. The van der Waals surface area contributed by atoms with Gasteiger partial charge in [-0.2, -0.15) is 10.1 Å². The van der Waals surface area contributed by atoms with Gasteiger partial charge in [0, 0.05) is 55.1 Å². The van der Waals surface area contributed by atoms with E-state index in [4.69, 9.17) is 4.74 Å². The fraction of sp³-hybridized carbons (Fsp3) is 0.500. The summed E-state index contributed by atoms with van der Waals surface area (Å²) in [4.78, 5) is 27.4. The van der Waals surface area contributed by atoms with Crippen LogP contribution in [0.5, 0.6) is 5.88 Å². The van der Waals surface area contributed by atoms with E-state index in [1.54, 1.807) is 23.0 Å². The number of thiol groups is 1. The minimum Gasteiger partial charge on any atom is -0.477 e. The fourth-order valence-corrected chi connectivity index (χ4v) is 9.94. The molecular formula is C32H42N8O3S. The molecule has 7 rings (SSSR count). The van der Waals surface area contributed by atoms with Crippen LogP contribution in [0.25, 0.3) is 11.3 Å². The Hall–Kier alpha value is -3.77. The fourth-order valence-electron chi connectivity index (χ4n) is 7.21. The van der Waals surface area contributed by atoms with Crippen LogP contribution in [-0.4, -0.2) is 80.5 Å². The van der Waals surface area contributed by atoms with Crippen molar-refractivity contribution < 1.29 is 13.7 Å². The first-order chi connectivity index (χ1) is 21.1. The van der Waals surface area contributed by atoms with Gasteiger partial charge in [-0.25, -0.2) is 4.68 Å². The van der Waals surface area contributed by atoms with E-state index in [-0.39, 0.29) is 11.8 Å². The number of hydrogen-bond donors (Lipinski definition) is 3. The summed E-state index contributed by atoms with van der Waals surface area (Å²) in [6, 6.07) is 9.54. The highest BCUT2D eigenvalue weighted by Gasteiger charge is 2.45. The van der Waals surface area contributed by atoms with Gasteiger partial charge < -0.3 is 24.6 Å². The number of ether oxygens (including phenoxy) is 1. The van der Waals surface area contributed by atoms with Crippen molar-refractivity contribution in [1.82, 2.24) is 19.7 Å². The molecule has 2 aromatic heterocycles. The number of fused-ring (bicyclic) bond motifs is 7. The molecule has 1 spiro atoms. The number of anilines is 3. The standard InChI is InChI=1S/C32H42N8O3S/c1-21-6-5-11-43-30-25(17-33-39(30)4)27-15-23(14-22(2)34-27)29(41)36-31-35-26-8-7-24(16-28(26)40(31)18-21)37-44(42)12-9-32(10-13-44)19-38(3)20-32/h7-8,14-17,21,44H,5-6,9-13,18-20H2,1-4H3,(H,37,42)(H,35,36,41)/t21-/m1/s1. The maximum atomic E-state index is 13.9. The first-order valence-electron chi connectivity index (χ1n) is 15.6. The Morgan fingerprint density at radius 2 is 1.93 bits per heavy atom. The number of hydrogen-bond acceptors (Lipinski definition) is 8. The largest absolute Gasteiger partial charge is 0.477 e. The van der Waals surface area contributed by atoms with Crippen molar-refractivity contribution in [2.75, 3.05) is 59.7 Å². The van der Waals surface area contributed by atoms with Crippen LogP contribution in [0, 0.1) is 18.3 Å². The zero-order valence-corrected chi connectivity index (χ0v) is 26.9. The highest BCUT2D eigenvalue weighted by molar-refractivity contribution is 8.04. The van der Waals surface area contributed by atoms with Gasteiger partial charge >= 0.3 is 0 Å². The molecule has 2 fully saturated rings. The van der Waals surface area contributed by atoms with Crippen molar-refractivity contribution in [3.63, 3.8) is 0 Å². The molecule has 2 saturated heterocycles. The Morgan fingerprint density at radius 1 is 1.14 bits per heavy atom. The summed E-state index contributed by atoms with van der Waals surface area (Å²) in [6.45, 7) is 7.51. The molecule has 0 aliphatic carbocycles. The van der Waals surface area contributed by atoms with Crippen molar-refractivity contribution in [3.05, 3.63) is 47.8 Å². The first-order valence-corrected chi connectivity index (χ1v) is 17.7. The third-order valence-corrected chi connectivity index (χ3v) is 12.0. The number of rotatable bonds is 2. The molecular weight excluding hydrogens is 576 g/mol. The number of aryl methyl sites for hydroxylation is 2. The zero-order valence-electron chi connectivity index (χ0n) is 26.0. The molecule has 2 N–H and O–H groups in total. The highest BCUT2D eigenvalue weighted by Crippen LogP contribution is 2.43. The van der Waals surface area contributed by atoms with Crippen molar-refractivity contribution >= 4 is 39.0 Å². The molecule has 0 saturated carbocycles. The number of carbonyl (C=O) groups is 1. The van der Waals surface area contributed by atoms with Gasteiger partial charge in [-0.1, -0.05) is 6.92 Å². The third kappa shape index (κ3) is 5.49. The number of guanidine groups is 1. The molecule has 11 nitrogen and oxygen atoms in total. The molecule has 3 aromatic rings. The summed E-state index contributed by atoms with van der Waals surface area (Å²) < 4.78 is 25.2.